The van der Waals surface area contributed by atoms with Gasteiger partial charge in [-0.05, 0) is 18.8 Å². The van der Waals surface area contributed by atoms with Crippen LogP contribution in [0.1, 0.15) is 19.3 Å². The Morgan fingerprint density at radius 3 is 2.93 bits per heavy atom. The third kappa shape index (κ3) is 1.06. The minimum Gasteiger partial charge on any atom is -0.462 e. The van der Waals surface area contributed by atoms with E-state index in [1.807, 2.05) is 6.08 Å². The molecule has 2 aliphatic carbocycles. The van der Waals surface area contributed by atoms with Crippen molar-refractivity contribution in [2.75, 3.05) is 0 Å². The summed E-state index contributed by atoms with van der Waals surface area (Å²) in [6.45, 7) is 3.77. The first-order valence-corrected chi connectivity index (χ1v) is 5.58. The van der Waals surface area contributed by atoms with Crippen molar-refractivity contribution < 1.29 is 14.3 Å². The Morgan fingerprint density at radius 1 is 1.40 bits per heavy atom. The first-order chi connectivity index (χ1) is 7.22. The summed E-state index contributed by atoms with van der Waals surface area (Å²) in [5.74, 6) is 0.547. The number of ketones is 1. The normalized spacial score (nSPS) is 47.6. The van der Waals surface area contributed by atoms with Gasteiger partial charge in [0.1, 0.15) is 11.9 Å². The predicted molar refractivity (Wildman–Crippen MR) is 52.9 cm³/mol. The summed E-state index contributed by atoms with van der Waals surface area (Å²) in [7, 11) is 0. The van der Waals surface area contributed by atoms with E-state index >= 15 is 0 Å². The predicted octanol–water partition coefficient (Wildman–Crippen LogP) is 1.33. The van der Waals surface area contributed by atoms with Gasteiger partial charge in [-0.3, -0.25) is 9.59 Å². The number of rotatable bonds is 1. The topological polar surface area (TPSA) is 43.4 Å². The molecule has 3 nitrogen and oxygen atoms in total. The maximum absolute atomic E-state index is 11.9. The van der Waals surface area contributed by atoms with Crippen molar-refractivity contribution in [2.45, 2.75) is 25.4 Å². The highest BCUT2D eigenvalue weighted by Crippen LogP contribution is 2.53. The van der Waals surface area contributed by atoms with Crippen LogP contribution in [0, 0.1) is 23.7 Å². The summed E-state index contributed by atoms with van der Waals surface area (Å²) < 4.78 is 5.31. The van der Waals surface area contributed by atoms with Gasteiger partial charge in [0.25, 0.3) is 0 Å². The lowest BCUT2D eigenvalue weighted by molar-refractivity contribution is -0.147. The zero-order valence-corrected chi connectivity index (χ0v) is 8.52. The number of hydrogen-bond donors (Lipinski definition) is 0. The van der Waals surface area contributed by atoms with Crippen molar-refractivity contribution >= 4 is 11.8 Å². The summed E-state index contributed by atoms with van der Waals surface area (Å²) in [5, 5.41) is 0. The average Bonchev–Trinajstić information content (AvgIpc) is 2.74. The molecule has 0 bridgehead atoms. The van der Waals surface area contributed by atoms with Crippen molar-refractivity contribution in [3.8, 4) is 0 Å². The second kappa shape index (κ2) is 2.94. The largest absolute Gasteiger partial charge is 0.462 e. The van der Waals surface area contributed by atoms with E-state index < -0.39 is 0 Å². The molecule has 1 aliphatic heterocycles. The van der Waals surface area contributed by atoms with Gasteiger partial charge in [-0.1, -0.05) is 6.08 Å². The zero-order chi connectivity index (χ0) is 10.6. The van der Waals surface area contributed by atoms with Crippen LogP contribution in [0.3, 0.4) is 0 Å². The maximum atomic E-state index is 11.9. The molecule has 80 valence electrons. The van der Waals surface area contributed by atoms with Crippen LogP contribution < -0.4 is 0 Å². The van der Waals surface area contributed by atoms with Gasteiger partial charge in [0.05, 0.1) is 5.92 Å². The fraction of sp³-hybridized carbons (Fsp3) is 0.667. The molecule has 5 atom stereocenters. The van der Waals surface area contributed by atoms with E-state index in [1.54, 1.807) is 0 Å². The van der Waals surface area contributed by atoms with E-state index in [-0.39, 0.29) is 35.7 Å². The smallest absolute Gasteiger partial charge is 0.309 e. The van der Waals surface area contributed by atoms with E-state index in [1.165, 1.54) is 0 Å². The first-order valence-electron chi connectivity index (χ1n) is 5.58. The molecular weight excluding hydrogens is 192 g/mol. The number of carbonyl (C=O) groups is 2. The van der Waals surface area contributed by atoms with Gasteiger partial charge in [0.2, 0.25) is 0 Å². The van der Waals surface area contributed by atoms with Gasteiger partial charge < -0.3 is 4.74 Å². The molecule has 3 heteroatoms. The fourth-order valence-electron chi connectivity index (χ4n) is 3.59. The minimum atomic E-state index is -0.0888. The third-order valence-corrected chi connectivity index (χ3v) is 4.22. The third-order valence-electron chi connectivity index (χ3n) is 4.22. The van der Waals surface area contributed by atoms with Crippen LogP contribution in [0.15, 0.2) is 12.7 Å². The summed E-state index contributed by atoms with van der Waals surface area (Å²) in [4.78, 5) is 23.5. The van der Waals surface area contributed by atoms with E-state index in [2.05, 4.69) is 6.58 Å². The number of allylic oxidation sites excluding steroid dienone is 1. The van der Waals surface area contributed by atoms with Gasteiger partial charge in [-0.15, -0.1) is 6.58 Å². The van der Waals surface area contributed by atoms with Crippen molar-refractivity contribution in [3.63, 3.8) is 0 Å². The summed E-state index contributed by atoms with van der Waals surface area (Å²) >= 11 is 0. The average molecular weight is 206 g/mol. The van der Waals surface area contributed by atoms with E-state index in [9.17, 15) is 9.59 Å². The Labute approximate surface area is 88.5 Å². The maximum Gasteiger partial charge on any atom is 0.309 e. The molecule has 0 aromatic rings. The molecule has 0 amide bonds. The van der Waals surface area contributed by atoms with Crippen LogP contribution in [0.2, 0.25) is 0 Å². The fourth-order valence-corrected chi connectivity index (χ4v) is 3.59. The Morgan fingerprint density at radius 2 is 2.20 bits per heavy atom. The van der Waals surface area contributed by atoms with Gasteiger partial charge in [0.15, 0.2) is 0 Å². The Bertz CT molecular complexity index is 347. The Kier molecular flexibility index (Phi) is 1.79. The molecule has 3 rings (SSSR count). The SMILES string of the molecule is C=C[C@@H]1C[C@H]2C(=O)O[C@H]3CCC(=O)[C@@H]1[C@H]32. The molecule has 0 radical (unpaired) electrons. The molecule has 3 fully saturated rings. The Hall–Kier alpha value is -1.12. The lowest BCUT2D eigenvalue weighted by Gasteiger charge is -2.29. The monoisotopic (exact) mass is 206 g/mol. The quantitative estimate of drug-likeness (QED) is 0.480. The van der Waals surface area contributed by atoms with E-state index in [0.29, 0.717) is 12.2 Å². The molecule has 0 N–H and O–H groups in total. The highest BCUT2D eigenvalue weighted by Gasteiger charge is 2.59. The van der Waals surface area contributed by atoms with Gasteiger partial charge >= 0.3 is 5.97 Å². The lowest BCUT2D eigenvalue weighted by Crippen LogP contribution is -2.36. The molecule has 0 spiro atoms. The zero-order valence-electron chi connectivity index (χ0n) is 8.52. The number of hydrogen-bond acceptors (Lipinski definition) is 3. The number of Topliss-reactive ketones (excluding diaryl/α,β-unsaturated/α-hetero) is 1. The lowest BCUT2D eigenvalue weighted by atomic mass is 9.74. The van der Waals surface area contributed by atoms with Crippen LogP contribution in [-0.4, -0.2) is 17.9 Å². The van der Waals surface area contributed by atoms with Crippen molar-refractivity contribution in [1.29, 1.82) is 0 Å². The molecule has 0 unspecified atom stereocenters. The standard InChI is InChI=1S/C12H14O3/c1-2-6-5-7-11-9(15-12(7)14)4-3-8(13)10(6)11/h2,6-7,9-11H,1,3-5H2/t6-,7-,9+,10-,11+/m1/s1. The van der Waals surface area contributed by atoms with Gasteiger partial charge in [-0.25, -0.2) is 0 Å². The minimum absolute atomic E-state index is 0.00940. The molecule has 15 heavy (non-hydrogen) atoms. The second-order valence-corrected chi connectivity index (χ2v) is 4.83. The number of ether oxygens (including phenoxy) is 1. The molecule has 2 saturated carbocycles. The highest BCUT2D eigenvalue weighted by molar-refractivity contribution is 5.87. The molecule has 0 aromatic carbocycles. The van der Waals surface area contributed by atoms with Crippen molar-refractivity contribution in [3.05, 3.63) is 12.7 Å². The van der Waals surface area contributed by atoms with Crippen LogP contribution in [0.4, 0.5) is 0 Å². The van der Waals surface area contributed by atoms with Gasteiger partial charge in [0, 0.05) is 18.3 Å². The van der Waals surface area contributed by atoms with Gasteiger partial charge in [-0.2, -0.15) is 0 Å². The van der Waals surface area contributed by atoms with Crippen LogP contribution in [-0.2, 0) is 14.3 Å². The molecule has 1 saturated heterocycles. The molecule has 1 heterocycles. The Balaban J connectivity index is 2.00. The van der Waals surface area contributed by atoms with E-state index in [4.69, 9.17) is 4.74 Å². The van der Waals surface area contributed by atoms with Crippen LogP contribution in [0.5, 0.6) is 0 Å². The summed E-state index contributed by atoms with van der Waals surface area (Å²) in [6, 6.07) is 0. The van der Waals surface area contributed by atoms with E-state index in [0.717, 1.165) is 12.8 Å². The number of carbonyl (C=O) groups excluding carboxylic acids is 2. The summed E-state index contributed by atoms with van der Waals surface area (Å²) in [6.07, 6.45) is 3.91. The summed E-state index contributed by atoms with van der Waals surface area (Å²) in [5.41, 5.74) is 0. The van der Waals surface area contributed by atoms with Crippen LogP contribution >= 0.6 is 0 Å². The van der Waals surface area contributed by atoms with Crippen molar-refractivity contribution in [1.82, 2.24) is 0 Å². The number of esters is 1. The molecule has 3 aliphatic rings. The van der Waals surface area contributed by atoms with Crippen LogP contribution in [0.25, 0.3) is 0 Å². The first kappa shape index (κ1) is 9.13. The highest BCUT2D eigenvalue weighted by atomic mass is 16.6. The van der Waals surface area contributed by atoms with Crippen molar-refractivity contribution in [2.24, 2.45) is 23.7 Å². The molecular formula is C12H14O3. The second-order valence-electron chi connectivity index (χ2n) is 4.83. The molecule has 0 aromatic heterocycles.